The van der Waals surface area contributed by atoms with Crippen LogP contribution in [0.4, 0.5) is 0 Å². The Labute approximate surface area is 211 Å². The number of ether oxygens (including phenoxy) is 3. The maximum atomic E-state index is 12.2. The third-order valence-corrected chi connectivity index (χ3v) is 7.78. The summed E-state index contributed by atoms with van der Waals surface area (Å²) >= 11 is 0. The zero-order valence-electron chi connectivity index (χ0n) is 20.1. The Morgan fingerprint density at radius 3 is 2.51 bits per heavy atom. The van der Waals surface area contributed by atoms with Crippen molar-refractivity contribution in [1.82, 2.24) is 0 Å². The number of carboxylic acid groups (broad SMARTS) is 1. The third-order valence-electron chi connectivity index (χ3n) is 7.78. The fraction of sp³-hybridized carbons (Fsp3) is 0.462. The molecule has 1 saturated heterocycles. The molecule has 11 nitrogen and oxygen atoms in total. The summed E-state index contributed by atoms with van der Waals surface area (Å²) < 4.78 is 17.7. The number of fused-ring (bicyclic) bond motifs is 1. The molecule has 7 atom stereocenters. The van der Waals surface area contributed by atoms with E-state index in [9.17, 15) is 40.2 Å². The van der Waals surface area contributed by atoms with Crippen molar-refractivity contribution in [3.8, 4) is 17.2 Å². The Hall–Kier alpha value is -3.38. The summed E-state index contributed by atoms with van der Waals surface area (Å²) in [7, 11) is 0. The molecule has 5 rings (SSSR count). The van der Waals surface area contributed by atoms with Crippen LogP contribution in [0.15, 0.2) is 24.5 Å². The van der Waals surface area contributed by atoms with E-state index < -0.39 is 59.6 Å². The quantitative estimate of drug-likeness (QED) is 0.257. The maximum absolute atomic E-state index is 12.2. The molecule has 0 aromatic heterocycles. The summed E-state index contributed by atoms with van der Waals surface area (Å²) in [5.41, 5.74) is -1.87. The van der Waals surface area contributed by atoms with Crippen molar-refractivity contribution in [1.29, 1.82) is 0 Å². The number of benzene rings is 2. The zero-order chi connectivity index (χ0) is 26.8. The predicted molar refractivity (Wildman–Crippen MR) is 127 cm³/mol. The molecule has 2 aromatic carbocycles. The van der Waals surface area contributed by atoms with Gasteiger partial charge >= 0.3 is 5.97 Å². The average molecular weight is 516 g/mol. The lowest BCUT2D eigenvalue weighted by molar-refractivity contribution is -0.347. The van der Waals surface area contributed by atoms with Gasteiger partial charge < -0.3 is 44.8 Å². The summed E-state index contributed by atoms with van der Waals surface area (Å²) in [6.07, 6.45) is -2.38. The number of rotatable bonds is 4. The number of hydrogen-bond acceptors (Lipinski definition) is 10. The average Bonchev–Trinajstić information content (AvgIpc) is 2.86. The van der Waals surface area contributed by atoms with Gasteiger partial charge in [0.25, 0.3) is 0 Å². The van der Waals surface area contributed by atoms with Gasteiger partial charge in [0.15, 0.2) is 11.4 Å². The number of aliphatic hydroxyl groups excluding tert-OH is 3. The number of carbonyl (C=O) groups excluding carboxylic acids is 1. The molecule has 3 aliphatic rings. The predicted octanol–water partition coefficient (Wildman–Crippen LogP) is 1.73. The van der Waals surface area contributed by atoms with E-state index >= 15 is 0 Å². The SMILES string of the molecule is CC(=O)c1c(C)c(O)c2cc(C(=O)O)cc(OC3OC4C(O)CCC5CC=COC54C(O)C3O)c2c1O. The van der Waals surface area contributed by atoms with Crippen molar-refractivity contribution in [2.24, 2.45) is 5.92 Å². The second kappa shape index (κ2) is 8.88. The monoisotopic (exact) mass is 516 g/mol. The van der Waals surface area contributed by atoms with Crippen LogP contribution >= 0.6 is 0 Å². The Morgan fingerprint density at radius 1 is 1.11 bits per heavy atom. The molecule has 2 fully saturated rings. The fourth-order valence-electron chi connectivity index (χ4n) is 5.99. The topological polar surface area (TPSA) is 183 Å². The second-order valence-corrected chi connectivity index (χ2v) is 9.85. The van der Waals surface area contributed by atoms with Crippen molar-refractivity contribution >= 4 is 22.5 Å². The highest BCUT2D eigenvalue weighted by Crippen LogP contribution is 2.50. The molecule has 6 N–H and O–H groups in total. The Bertz CT molecular complexity index is 1320. The first kappa shape index (κ1) is 25.3. The van der Waals surface area contributed by atoms with Gasteiger partial charge in [0.2, 0.25) is 6.29 Å². The number of aromatic hydroxyl groups is 2. The molecule has 2 heterocycles. The van der Waals surface area contributed by atoms with E-state index in [1.807, 2.05) is 0 Å². The highest BCUT2D eigenvalue weighted by Gasteiger charge is 2.65. The summed E-state index contributed by atoms with van der Waals surface area (Å²) in [6, 6.07) is 2.17. The van der Waals surface area contributed by atoms with Gasteiger partial charge in [0.1, 0.15) is 35.6 Å². The molecule has 198 valence electrons. The highest BCUT2D eigenvalue weighted by atomic mass is 16.7. The Morgan fingerprint density at radius 2 is 1.84 bits per heavy atom. The minimum atomic E-state index is -1.70. The van der Waals surface area contributed by atoms with E-state index in [0.29, 0.717) is 19.3 Å². The van der Waals surface area contributed by atoms with E-state index in [4.69, 9.17) is 14.2 Å². The number of aliphatic hydroxyl groups is 3. The first-order chi connectivity index (χ1) is 17.5. The van der Waals surface area contributed by atoms with Crippen LogP contribution in [-0.4, -0.2) is 78.7 Å². The van der Waals surface area contributed by atoms with E-state index in [0.717, 1.165) is 12.1 Å². The zero-order valence-corrected chi connectivity index (χ0v) is 20.1. The number of phenols is 2. The molecule has 2 aromatic rings. The molecular weight excluding hydrogens is 488 g/mol. The maximum Gasteiger partial charge on any atom is 0.335 e. The van der Waals surface area contributed by atoms with Crippen LogP contribution in [0.1, 0.15) is 52.5 Å². The fourth-order valence-corrected chi connectivity index (χ4v) is 5.99. The number of carbonyl (C=O) groups is 2. The van der Waals surface area contributed by atoms with Gasteiger partial charge in [-0.15, -0.1) is 0 Å². The molecule has 0 bridgehead atoms. The number of allylic oxidation sites excluding steroid dienone is 1. The molecular formula is C26H28O11. The minimum Gasteiger partial charge on any atom is -0.507 e. The smallest absolute Gasteiger partial charge is 0.335 e. The second-order valence-electron chi connectivity index (χ2n) is 9.85. The van der Waals surface area contributed by atoms with Crippen molar-refractivity contribution in [3.05, 3.63) is 41.2 Å². The van der Waals surface area contributed by atoms with E-state index in [-0.39, 0.29) is 39.1 Å². The van der Waals surface area contributed by atoms with Crippen molar-refractivity contribution in [2.45, 2.75) is 69.4 Å². The number of Topliss-reactive ketones (excluding diaryl/α,β-unsaturated/α-hetero) is 1. The molecule has 2 aliphatic heterocycles. The van der Waals surface area contributed by atoms with Crippen molar-refractivity contribution in [2.75, 3.05) is 0 Å². The summed E-state index contributed by atoms with van der Waals surface area (Å²) in [6.45, 7) is 2.60. The third kappa shape index (κ3) is 3.64. The molecule has 11 heteroatoms. The van der Waals surface area contributed by atoms with Gasteiger partial charge in [-0.05, 0) is 51.3 Å². The van der Waals surface area contributed by atoms with Crippen LogP contribution in [0.3, 0.4) is 0 Å². The number of carboxylic acids is 1. The van der Waals surface area contributed by atoms with Crippen molar-refractivity contribution < 1.29 is 54.4 Å². The van der Waals surface area contributed by atoms with Crippen LogP contribution in [0.25, 0.3) is 10.8 Å². The number of aromatic carboxylic acids is 1. The van der Waals surface area contributed by atoms with E-state index in [2.05, 4.69) is 0 Å². The van der Waals surface area contributed by atoms with E-state index in [1.54, 1.807) is 6.08 Å². The van der Waals surface area contributed by atoms with Crippen LogP contribution in [0.5, 0.6) is 17.2 Å². The normalized spacial score (nSPS) is 32.8. The lowest BCUT2D eigenvalue weighted by Crippen LogP contribution is -2.74. The Kier molecular flexibility index (Phi) is 6.06. The van der Waals surface area contributed by atoms with Crippen LogP contribution in [-0.2, 0) is 9.47 Å². The molecule has 0 radical (unpaired) electrons. The van der Waals surface area contributed by atoms with Gasteiger partial charge in [-0.1, -0.05) is 0 Å². The Balaban J connectivity index is 1.63. The lowest BCUT2D eigenvalue weighted by atomic mass is 9.64. The largest absolute Gasteiger partial charge is 0.507 e. The van der Waals surface area contributed by atoms with Gasteiger partial charge in [0.05, 0.1) is 28.9 Å². The van der Waals surface area contributed by atoms with Gasteiger partial charge in [-0.25, -0.2) is 4.79 Å². The number of hydrogen-bond donors (Lipinski definition) is 6. The molecule has 0 amide bonds. The standard InChI is InChI=1S/C26H28O11/c1-10-17(11(2)27)20(30)18-14(19(10)29)8-12(24(33)34)9-16(18)36-25-21(31)22(32)26-13(4-3-7-35-26)5-6-15(28)23(26)37-25/h3,7-9,13,15,21-23,25,28-32H,4-6H2,1-2H3,(H,33,34). The van der Waals surface area contributed by atoms with Crippen LogP contribution < -0.4 is 4.74 Å². The van der Waals surface area contributed by atoms with Gasteiger partial charge in [-0.2, -0.15) is 0 Å². The number of phenolic OH excluding ortho intramolecular Hbond substituents is 2. The first-order valence-electron chi connectivity index (χ1n) is 11.9. The van der Waals surface area contributed by atoms with Crippen molar-refractivity contribution in [3.63, 3.8) is 0 Å². The molecule has 1 spiro atoms. The van der Waals surface area contributed by atoms with Gasteiger partial charge in [-0.3, -0.25) is 4.79 Å². The highest BCUT2D eigenvalue weighted by molar-refractivity contribution is 6.11. The lowest BCUT2D eigenvalue weighted by Gasteiger charge is -2.57. The van der Waals surface area contributed by atoms with E-state index in [1.165, 1.54) is 20.1 Å². The molecule has 1 saturated carbocycles. The minimum absolute atomic E-state index is 0.0520. The summed E-state index contributed by atoms with van der Waals surface area (Å²) in [5.74, 6) is -3.45. The summed E-state index contributed by atoms with van der Waals surface area (Å²) in [5, 5.41) is 64.1. The molecule has 1 aliphatic carbocycles. The summed E-state index contributed by atoms with van der Waals surface area (Å²) in [4.78, 5) is 24.0. The van der Waals surface area contributed by atoms with Gasteiger partial charge in [0, 0.05) is 16.9 Å². The van der Waals surface area contributed by atoms with Crippen LogP contribution in [0.2, 0.25) is 0 Å². The first-order valence-corrected chi connectivity index (χ1v) is 11.9. The van der Waals surface area contributed by atoms with Crippen LogP contribution in [0, 0.1) is 12.8 Å². The number of ketones is 1. The molecule has 7 unspecified atom stereocenters. The molecule has 37 heavy (non-hydrogen) atoms.